The molecule has 1 amide bonds. The molecule has 0 spiro atoms. The molecule has 0 radical (unpaired) electrons. The molecular formula is C21H25F3N6OS. The molecule has 11 heteroatoms. The highest BCUT2D eigenvalue weighted by Gasteiger charge is 2.30. The quantitative estimate of drug-likeness (QED) is 0.336. The number of hydrogen-bond donors (Lipinski definition) is 2. The molecule has 2 heterocycles. The van der Waals surface area contributed by atoms with Crippen LogP contribution in [0.1, 0.15) is 42.6 Å². The molecule has 3 aromatic rings. The number of hydrogen-bond acceptors (Lipinski definition) is 6. The third-order valence-corrected chi connectivity index (χ3v) is 5.57. The van der Waals surface area contributed by atoms with Gasteiger partial charge in [0.1, 0.15) is 5.82 Å². The number of fused-ring (bicyclic) bond motifs is 1. The van der Waals surface area contributed by atoms with Gasteiger partial charge in [0.05, 0.1) is 23.7 Å². The monoisotopic (exact) mass is 466 g/mol. The van der Waals surface area contributed by atoms with Crippen LogP contribution in [0.25, 0.3) is 11.0 Å². The molecule has 2 N–H and O–H groups in total. The molecule has 0 fully saturated rings. The number of benzene rings is 1. The zero-order chi connectivity index (χ0) is 23.1. The number of halogens is 3. The third-order valence-electron chi connectivity index (χ3n) is 4.51. The minimum Gasteiger partial charge on any atom is -0.369 e. The van der Waals surface area contributed by atoms with Crippen LogP contribution in [0, 0.1) is 0 Å². The lowest BCUT2D eigenvalue weighted by Gasteiger charge is -2.10. The van der Waals surface area contributed by atoms with Crippen molar-refractivity contribution in [3.05, 3.63) is 41.6 Å². The number of nitrogens with one attached hydrogen (secondary N) is 2. The van der Waals surface area contributed by atoms with Gasteiger partial charge >= 0.3 is 6.18 Å². The average molecular weight is 467 g/mol. The Morgan fingerprint density at radius 3 is 2.69 bits per heavy atom. The normalized spacial score (nSPS) is 11.7. The van der Waals surface area contributed by atoms with Crippen LogP contribution in [0.3, 0.4) is 0 Å². The van der Waals surface area contributed by atoms with Crippen molar-refractivity contribution >= 4 is 34.5 Å². The fourth-order valence-electron chi connectivity index (χ4n) is 2.95. The van der Waals surface area contributed by atoms with Gasteiger partial charge in [-0.25, -0.2) is 14.6 Å². The van der Waals surface area contributed by atoms with Crippen molar-refractivity contribution in [3.63, 3.8) is 0 Å². The second-order valence-electron chi connectivity index (χ2n) is 7.07. The number of thioether (sulfide) groups is 1. The summed E-state index contributed by atoms with van der Waals surface area (Å²) in [6, 6.07) is 4.35. The van der Waals surface area contributed by atoms with Crippen molar-refractivity contribution in [2.45, 2.75) is 44.6 Å². The van der Waals surface area contributed by atoms with Crippen molar-refractivity contribution in [3.8, 4) is 0 Å². The van der Waals surface area contributed by atoms with Gasteiger partial charge in [0.2, 0.25) is 0 Å². The molecule has 0 aliphatic rings. The van der Waals surface area contributed by atoms with Gasteiger partial charge in [0.25, 0.3) is 5.91 Å². The van der Waals surface area contributed by atoms with Gasteiger partial charge in [-0.3, -0.25) is 4.79 Å². The maximum atomic E-state index is 12.9. The Hall–Kier alpha value is -2.82. The molecule has 0 aliphatic carbocycles. The number of rotatable bonds is 10. The Bertz CT molecular complexity index is 1070. The van der Waals surface area contributed by atoms with E-state index in [2.05, 4.69) is 39.5 Å². The summed E-state index contributed by atoms with van der Waals surface area (Å²) in [4.78, 5) is 21.5. The van der Waals surface area contributed by atoms with Crippen LogP contribution in [-0.2, 0) is 12.7 Å². The van der Waals surface area contributed by atoms with Gasteiger partial charge in [-0.2, -0.15) is 18.3 Å². The first-order chi connectivity index (χ1) is 15.3. The third kappa shape index (κ3) is 5.90. The van der Waals surface area contributed by atoms with Crippen LogP contribution in [0.5, 0.6) is 0 Å². The largest absolute Gasteiger partial charge is 0.416 e. The molecule has 7 nitrogen and oxygen atoms in total. The first-order valence-electron chi connectivity index (χ1n) is 10.4. The summed E-state index contributed by atoms with van der Waals surface area (Å²) >= 11 is 1.56. The molecule has 0 unspecified atom stereocenters. The van der Waals surface area contributed by atoms with Crippen LogP contribution in [0.4, 0.5) is 19.0 Å². The summed E-state index contributed by atoms with van der Waals surface area (Å²) in [6.07, 6.45) is -0.888. The molecule has 0 saturated carbocycles. The van der Waals surface area contributed by atoms with E-state index in [4.69, 9.17) is 0 Å². The summed E-state index contributed by atoms with van der Waals surface area (Å²) in [5.74, 6) is 1.03. The SMILES string of the molecule is CCCNc1nc(SCCC)nc2c1cnn2CCNC(=O)c1cccc(C(F)(F)F)c1. The van der Waals surface area contributed by atoms with E-state index in [9.17, 15) is 18.0 Å². The maximum absolute atomic E-state index is 12.9. The van der Waals surface area contributed by atoms with E-state index in [0.29, 0.717) is 17.3 Å². The van der Waals surface area contributed by atoms with E-state index >= 15 is 0 Å². The molecule has 2 aromatic heterocycles. The van der Waals surface area contributed by atoms with Gasteiger partial charge < -0.3 is 10.6 Å². The van der Waals surface area contributed by atoms with Gasteiger partial charge in [0, 0.05) is 24.4 Å². The summed E-state index contributed by atoms with van der Waals surface area (Å²) in [5, 5.41) is 11.7. The Morgan fingerprint density at radius 1 is 1.16 bits per heavy atom. The number of anilines is 1. The highest BCUT2D eigenvalue weighted by Crippen LogP contribution is 2.29. The van der Waals surface area contributed by atoms with E-state index < -0.39 is 17.6 Å². The van der Waals surface area contributed by atoms with Crippen LogP contribution in [0.15, 0.2) is 35.6 Å². The predicted octanol–water partition coefficient (Wildman–Crippen LogP) is 4.60. The predicted molar refractivity (Wildman–Crippen MR) is 119 cm³/mol. The Balaban J connectivity index is 1.72. The molecule has 172 valence electrons. The van der Waals surface area contributed by atoms with Gasteiger partial charge in [-0.15, -0.1) is 0 Å². The second-order valence-corrected chi connectivity index (χ2v) is 8.13. The Labute approximate surface area is 188 Å². The molecule has 0 aliphatic heterocycles. The molecule has 0 bridgehead atoms. The summed E-state index contributed by atoms with van der Waals surface area (Å²) in [7, 11) is 0. The summed E-state index contributed by atoms with van der Waals surface area (Å²) in [6.45, 7) is 5.41. The lowest BCUT2D eigenvalue weighted by atomic mass is 10.1. The van der Waals surface area contributed by atoms with Crippen molar-refractivity contribution in [1.29, 1.82) is 0 Å². The molecular weight excluding hydrogens is 441 g/mol. The first kappa shape index (κ1) is 23.8. The van der Waals surface area contributed by atoms with E-state index in [1.165, 1.54) is 12.1 Å². The van der Waals surface area contributed by atoms with Crippen molar-refractivity contribution in [2.24, 2.45) is 0 Å². The van der Waals surface area contributed by atoms with E-state index in [1.54, 1.807) is 22.6 Å². The standard InChI is InChI=1S/C21H25F3N6OS/c1-3-8-25-17-16-13-27-30(18(16)29-20(28-17)32-11-4-2)10-9-26-19(31)14-6-5-7-15(12-14)21(22,23)24/h5-7,12-13H,3-4,8-11H2,1-2H3,(H,26,31)(H,25,28,29). The molecule has 32 heavy (non-hydrogen) atoms. The Morgan fingerprint density at radius 2 is 1.97 bits per heavy atom. The molecule has 1 aromatic carbocycles. The zero-order valence-electron chi connectivity index (χ0n) is 17.9. The number of nitrogens with zero attached hydrogens (tertiary/aromatic N) is 4. The van der Waals surface area contributed by atoms with E-state index in [-0.39, 0.29) is 12.1 Å². The minimum atomic E-state index is -4.50. The van der Waals surface area contributed by atoms with Crippen LogP contribution in [-0.4, -0.2) is 44.5 Å². The van der Waals surface area contributed by atoms with Crippen molar-refractivity contribution < 1.29 is 18.0 Å². The van der Waals surface area contributed by atoms with Gasteiger partial charge in [-0.05, 0) is 31.0 Å². The fraction of sp³-hybridized carbons (Fsp3) is 0.429. The summed E-state index contributed by atoms with van der Waals surface area (Å²) < 4.78 is 40.3. The van der Waals surface area contributed by atoms with E-state index in [0.717, 1.165) is 48.5 Å². The van der Waals surface area contributed by atoms with Gasteiger partial charge in [0.15, 0.2) is 10.8 Å². The molecule has 3 rings (SSSR count). The zero-order valence-corrected chi connectivity index (χ0v) is 18.7. The Kier molecular flexibility index (Phi) is 7.94. The van der Waals surface area contributed by atoms with Crippen LogP contribution >= 0.6 is 11.8 Å². The number of carbonyl (C=O) groups excluding carboxylic acids is 1. The number of alkyl halides is 3. The van der Waals surface area contributed by atoms with Crippen LogP contribution in [0.2, 0.25) is 0 Å². The lowest BCUT2D eigenvalue weighted by molar-refractivity contribution is -0.137. The lowest BCUT2D eigenvalue weighted by Crippen LogP contribution is -2.27. The van der Waals surface area contributed by atoms with Crippen molar-refractivity contribution in [1.82, 2.24) is 25.1 Å². The first-order valence-corrected chi connectivity index (χ1v) is 11.4. The summed E-state index contributed by atoms with van der Waals surface area (Å²) in [5.41, 5.74) is -0.258. The second kappa shape index (κ2) is 10.7. The number of aromatic nitrogens is 4. The smallest absolute Gasteiger partial charge is 0.369 e. The average Bonchev–Trinajstić information content (AvgIpc) is 3.18. The van der Waals surface area contributed by atoms with Crippen LogP contribution < -0.4 is 10.6 Å². The fourth-order valence-corrected chi connectivity index (χ4v) is 3.64. The maximum Gasteiger partial charge on any atom is 0.416 e. The minimum absolute atomic E-state index is 0.0447. The van der Waals surface area contributed by atoms with E-state index in [1.807, 2.05) is 0 Å². The van der Waals surface area contributed by atoms with Gasteiger partial charge in [-0.1, -0.05) is 31.7 Å². The number of amides is 1. The molecule has 0 saturated heterocycles. The topological polar surface area (TPSA) is 84.7 Å². The molecule has 0 atom stereocenters. The highest BCUT2D eigenvalue weighted by molar-refractivity contribution is 7.99. The van der Waals surface area contributed by atoms with Crippen molar-refractivity contribution in [2.75, 3.05) is 24.2 Å². The highest BCUT2D eigenvalue weighted by atomic mass is 32.2. The number of carbonyl (C=O) groups is 1.